The van der Waals surface area contributed by atoms with E-state index in [4.69, 9.17) is 14.4 Å². The Kier molecular flexibility index (Phi) is 6.06. The summed E-state index contributed by atoms with van der Waals surface area (Å²) in [6, 6.07) is 4.54. The van der Waals surface area contributed by atoms with Gasteiger partial charge in [0.2, 0.25) is 0 Å². The third-order valence-electron chi connectivity index (χ3n) is 4.71. The van der Waals surface area contributed by atoms with Crippen LogP contribution in [0.3, 0.4) is 0 Å². The van der Waals surface area contributed by atoms with Crippen LogP contribution in [0.4, 0.5) is 4.39 Å². The Morgan fingerprint density at radius 1 is 1.27 bits per heavy atom. The van der Waals surface area contributed by atoms with Crippen LogP contribution in [-0.2, 0) is 14.1 Å². The lowest BCUT2D eigenvalue weighted by Gasteiger charge is -2.32. The molecule has 5 nitrogen and oxygen atoms in total. The molecule has 1 fully saturated rings. The van der Waals surface area contributed by atoms with Crippen molar-refractivity contribution in [3.05, 3.63) is 46.7 Å². The molecule has 1 aliphatic rings. The molecular weight excluding hydrogens is 336 g/mol. The number of nitrogens with one attached hydrogen (secondary N) is 1. The van der Waals surface area contributed by atoms with Gasteiger partial charge in [0.1, 0.15) is 5.82 Å². The quantitative estimate of drug-likeness (QED) is 0.602. The van der Waals surface area contributed by atoms with E-state index in [1.807, 2.05) is 40.8 Å². The van der Waals surface area contributed by atoms with Gasteiger partial charge in [-0.1, -0.05) is 12.1 Å². The van der Waals surface area contributed by atoms with Crippen molar-refractivity contribution in [1.82, 2.24) is 5.32 Å². The number of likely N-dealkylation sites (N-methyl/N-ethyl adjacent to an activating group) is 1. The van der Waals surface area contributed by atoms with E-state index in [1.54, 1.807) is 12.1 Å². The van der Waals surface area contributed by atoms with E-state index < -0.39 is 30.1 Å². The summed E-state index contributed by atoms with van der Waals surface area (Å²) in [5, 5.41) is 11.8. The number of carboxylic acid groups (broad SMARTS) is 1. The molecule has 1 aromatic rings. The molecule has 0 saturated carbocycles. The first kappa shape index (κ1) is 20.4. The van der Waals surface area contributed by atoms with Crippen LogP contribution in [0.15, 0.2) is 29.7 Å². The van der Waals surface area contributed by atoms with Crippen LogP contribution in [0.1, 0.15) is 38.8 Å². The summed E-state index contributed by atoms with van der Waals surface area (Å²) in [5.41, 5.74) is 0.895. The fourth-order valence-electron chi connectivity index (χ4n) is 2.56. The van der Waals surface area contributed by atoms with Gasteiger partial charge in [-0.3, -0.25) is 0 Å². The average molecular weight is 361 g/mol. The minimum Gasteiger partial charge on any atom is -0.478 e. The van der Waals surface area contributed by atoms with Crippen molar-refractivity contribution < 1.29 is 23.6 Å². The van der Waals surface area contributed by atoms with Gasteiger partial charge in [0.15, 0.2) is 0 Å². The fraction of sp³-hybridized carbons (Fsp3) is 0.421. The van der Waals surface area contributed by atoms with Crippen molar-refractivity contribution in [2.45, 2.75) is 38.9 Å². The van der Waals surface area contributed by atoms with Crippen molar-refractivity contribution in [1.29, 1.82) is 0 Å². The molecule has 2 rings (SSSR count). The van der Waals surface area contributed by atoms with E-state index in [0.717, 1.165) is 17.1 Å². The van der Waals surface area contributed by atoms with Gasteiger partial charge in [-0.2, -0.15) is 0 Å². The highest BCUT2D eigenvalue weighted by molar-refractivity contribution is 6.55. The molecule has 140 valence electrons. The van der Waals surface area contributed by atoms with Gasteiger partial charge in [-0.05, 0) is 64.0 Å². The van der Waals surface area contributed by atoms with E-state index >= 15 is 0 Å². The number of aliphatic carboxylic acids is 1. The zero-order valence-corrected chi connectivity index (χ0v) is 15.8. The largest absolute Gasteiger partial charge is 0.491 e. The van der Waals surface area contributed by atoms with Crippen LogP contribution >= 0.6 is 0 Å². The molecule has 1 saturated heterocycles. The summed E-state index contributed by atoms with van der Waals surface area (Å²) in [4.78, 5) is 10.7. The molecule has 0 bridgehead atoms. The van der Waals surface area contributed by atoms with Gasteiger partial charge >= 0.3 is 13.1 Å². The predicted molar refractivity (Wildman–Crippen MR) is 101 cm³/mol. The van der Waals surface area contributed by atoms with Gasteiger partial charge in [0, 0.05) is 18.2 Å². The Bertz CT molecular complexity index is 727. The van der Waals surface area contributed by atoms with Gasteiger partial charge in [0.05, 0.1) is 11.2 Å². The van der Waals surface area contributed by atoms with Crippen LogP contribution in [0, 0.1) is 5.82 Å². The number of benzene rings is 1. The monoisotopic (exact) mass is 361 g/mol. The van der Waals surface area contributed by atoms with Crippen LogP contribution in [0.2, 0.25) is 0 Å². The molecule has 0 atom stereocenters. The highest BCUT2D eigenvalue weighted by Gasteiger charge is 2.52. The third kappa shape index (κ3) is 4.61. The van der Waals surface area contributed by atoms with Crippen molar-refractivity contribution in [3.63, 3.8) is 0 Å². The second-order valence-electron chi connectivity index (χ2n) is 7.29. The van der Waals surface area contributed by atoms with E-state index in [1.165, 1.54) is 12.1 Å². The molecule has 2 N–H and O–H groups in total. The first-order valence-corrected chi connectivity index (χ1v) is 8.47. The molecule has 0 unspecified atom stereocenters. The third-order valence-corrected chi connectivity index (χ3v) is 4.71. The molecule has 0 spiro atoms. The minimum absolute atomic E-state index is 0.207. The topological polar surface area (TPSA) is 67.8 Å². The highest BCUT2D eigenvalue weighted by Crippen LogP contribution is 2.38. The zero-order valence-electron chi connectivity index (χ0n) is 15.8. The lowest BCUT2D eigenvalue weighted by molar-refractivity contribution is -0.131. The highest BCUT2D eigenvalue weighted by atomic mass is 19.1. The number of carbonyl (C=O) groups is 1. The van der Waals surface area contributed by atoms with Crippen molar-refractivity contribution >= 4 is 25.2 Å². The molecule has 26 heavy (non-hydrogen) atoms. The molecule has 7 heteroatoms. The lowest BCUT2D eigenvalue weighted by Crippen LogP contribution is -2.41. The second kappa shape index (κ2) is 7.74. The normalized spacial score (nSPS) is 19.3. The van der Waals surface area contributed by atoms with Crippen molar-refractivity contribution in [2.24, 2.45) is 0 Å². The number of carboxylic acids is 1. The van der Waals surface area contributed by atoms with Crippen LogP contribution in [-0.4, -0.2) is 43.0 Å². The Hall–Kier alpha value is -1.96. The molecule has 0 amide bonds. The average Bonchev–Trinajstić information content (AvgIpc) is 2.75. The first-order chi connectivity index (χ1) is 12.1. The van der Waals surface area contributed by atoms with Crippen LogP contribution in [0.25, 0.3) is 12.2 Å². The number of hydrogen-bond acceptors (Lipinski definition) is 4. The van der Waals surface area contributed by atoms with E-state index in [2.05, 4.69) is 5.32 Å². The maximum Gasteiger partial charge on any atom is 0.491 e. The fourth-order valence-corrected chi connectivity index (χ4v) is 2.56. The number of hydrogen-bond donors (Lipinski definition) is 2. The van der Waals surface area contributed by atoms with E-state index in [-0.39, 0.29) is 5.56 Å². The smallest absolute Gasteiger partial charge is 0.478 e. The van der Waals surface area contributed by atoms with Crippen LogP contribution in [0.5, 0.6) is 0 Å². The summed E-state index contributed by atoms with van der Waals surface area (Å²) in [6.07, 6.45) is 4.02. The number of rotatable bonds is 6. The van der Waals surface area contributed by atoms with Gasteiger partial charge in [0.25, 0.3) is 0 Å². The predicted octanol–water partition coefficient (Wildman–Crippen LogP) is 3.16. The SMILES string of the molecule is CNCC(=Cc1ccc(F)c(/C=C/C(=O)O)c1)B1OC(C)(C)C(C)(C)O1. The van der Waals surface area contributed by atoms with Gasteiger partial charge in [-0.25, -0.2) is 9.18 Å². The maximum absolute atomic E-state index is 13.9. The Labute approximate surface area is 154 Å². The first-order valence-electron chi connectivity index (χ1n) is 8.47. The lowest BCUT2D eigenvalue weighted by atomic mass is 9.77. The molecule has 0 aliphatic carbocycles. The Morgan fingerprint density at radius 2 is 1.88 bits per heavy atom. The molecule has 0 radical (unpaired) electrons. The second-order valence-corrected chi connectivity index (χ2v) is 7.29. The molecule has 1 heterocycles. The molecule has 1 aromatic carbocycles. The Morgan fingerprint density at radius 3 is 2.42 bits per heavy atom. The van der Waals surface area contributed by atoms with Crippen LogP contribution < -0.4 is 5.32 Å². The Balaban J connectivity index is 2.35. The summed E-state index contributed by atoms with van der Waals surface area (Å²) in [6.45, 7) is 8.47. The maximum atomic E-state index is 13.9. The van der Waals surface area contributed by atoms with E-state index in [0.29, 0.717) is 6.54 Å². The minimum atomic E-state index is -1.13. The van der Waals surface area contributed by atoms with Crippen molar-refractivity contribution in [3.8, 4) is 0 Å². The summed E-state index contributed by atoms with van der Waals surface area (Å²) in [7, 11) is 1.31. The summed E-state index contributed by atoms with van der Waals surface area (Å²) >= 11 is 0. The molecular formula is C19H25BFNO4. The van der Waals surface area contributed by atoms with E-state index in [9.17, 15) is 9.18 Å². The summed E-state index contributed by atoms with van der Waals surface area (Å²) < 4.78 is 26.1. The standard InChI is InChI=1S/C19H25BFNO4/c1-18(2)19(3,4)26-20(25-18)15(12-22-5)11-13-6-8-16(21)14(10-13)7-9-17(23)24/h6-11,22H,12H2,1-5H3,(H,23,24)/b9-7+,15-11?. The van der Waals surface area contributed by atoms with Gasteiger partial charge in [-0.15, -0.1) is 0 Å². The summed E-state index contributed by atoms with van der Waals surface area (Å²) in [5.74, 6) is -1.61. The van der Waals surface area contributed by atoms with Crippen molar-refractivity contribution in [2.75, 3.05) is 13.6 Å². The molecule has 1 aliphatic heterocycles. The van der Waals surface area contributed by atoms with Gasteiger partial charge < -0.3 is 19.7 Å². The number of halogens is 1. The zero-order chi connectivity index (χ0) is 19.5. The molecule has 0 aromatic heterocycles.